The fourth-order valence-electron chi connectivity index (χ4n) is 1.57. The quantitative estimate of drug-likeness (QED) is 0.675. The first-order chi connectivity index (χ1) is 6.16. The Bertz CT molecular complexity index is 350. The van der Waals surface area contributed by atoms with Crippen molar-refractivity contribution in [2.45, 2.75) is 12.7 Å². The van der Waals surface area contributed by atoms with Gasteiger partial charge in [0.1, 0.15) is 0 Å². The third kappa shape index (κ3) is 1.65. The number of carbonyl (C=O) groups is 1. The summed E-state index contributed by atoms with van der Waals surface area (Å²) in [5.41, 5.74) is 0.747. The fraction of sp³-hybridized carbons (Fsp3) is 0.375. The minimum atomic E-state index is 0.0232. The summed E-state index contributed by atoms with van der Waals surface area (Å²) >= 11 is 3.36. The molecule has 0 unspecified atom stereocenters. The molecular formula is C8H10BBrN2O. The Labute approximate surface area is 85.9 Å². The first-order valence-corrected chi connectivity index (χ1v) is 5.10. The molecule has 1 amide bonds. The van der Waals surface area contributed by atoms with E-state index in [1.165, 1.54) is 0 Å². The molecule has 1 atom stereocenters. The summed E-state index contributed by atoms with van der Waals surface area (Å²) in [4.78, 5) is 11.5. The Kier molecular flexibility index (Phi) is 2.19. The second kappa shape index (κ2) is 3.22. The number of rotatable bonds is 0. The normalized spacial score (nSPS) is 21.4. The lowest BCUT2D eigenvalue weighted by Gasteiger charge is -2.04. The van der Waals surface area contributed by atoms with Gasteiger partial charge in [0.2, 0.25) is 7.41 Å². The molecule has 13 heavy (non-hydrogen) atoms. The van der Waals surface area contributed by atoms with Crippen LogP contribution in [0.3, 0.4) is 0 Å². The largest absolute Gasteiger partial charge is 0.390 e. The van der Waals surface area contributed by atoms with Gasteiger partial charge in [-0.25, -0.2) is 0 Å². The molecule has 0 radical (unpaired) electrons. The van der Waals surface area contributed by atoms with E-state index in [-0.39, 0.29) is 5.91 Å². The van der Waals surface area contributed by atoms with Crippen LogP contribution in [0.5, 0.6) is 0 Å². The van der Waals surface area contributed by atoms with Crippen LogP contribution in [0.1, 0.15) is 17.4 Å². The highest BCUT2D eigenvalue weighted by atomic mass is 79.9. The maximum atomic E-state index is 11.5. The van der Waals surface area contributed by atoms with Crippen LogP contribution in [0.15, 0.2) is 16.7 Å². The summed E-state index contributed by atoms with van der Waals surface area (Å²) in [6.45, 7) is 2.89. The van der Waals surface area contributed by atoms with E-state index in [9.17, 15) is 4.79 Å². The Morgan fingerprint density at radius 1 is 1.77 bits per heavy atom. The van der Waals surface area contributed by atoms with Gasteiger partial charge >= 0.3 is 0 Å². The zero-order valence-corrected chi connectivity index (χ0v) is 8.97. The Balaban J connectivity index is 2.42. The van der Waals surface area contributed by atoms with Crippen LogP contribution in [-0.4, -0.2) is 24.3 Å². The van der Waals surface area contributed by atoms with Crippen LogP contribution >= 0.6 is 15.9 Å². The first kappa shape index (κ1) is 8.87. The monoisotopic (exact) mass is 240 g/mol. The highest BCUT2D eigenvalue weighted by Gasteiger charge is 2.20. The molecule has 68 valence electrons. The smallest absolute Gasteiger partial charge is 0.266 e. The van der Waals surface area contributed by atoms with E-state index in [0.717, 1.165) is 24.1 Å². The standard InChI is InChI=1S/C8H10BBrN2O/c1-5-3-11-8(13)7-2-6(10)4-12(7)9-5/h2,4-5,9H,3H2,1H3,(H,11,13)/t5-/m1/s1. The molecule has 1 aliphatic rings. The van der Waals surface area contributed by atoms with E-state index >= 15 is 0 Å². The van der Waals surface area contributed by atoms with Gasteiger partial charge in [-0.05, 0) is 27.8 Å². The molecular weight excluding hydrogens is 231 g/mol. The van der Waals surface area contributed by atoms with E-state index in [1.54, 1.807) is 0 Å². The van der Waals surface area contributed by atoms with E-state index in [1.807, 2.05) is 16.7 Å². The number of aromatic nitrogens is 1. The molecule has 2 heterocycles. The molecule has 5 heteroatoms. The van der Waals surface area contributed by atoms with E-state index < -0.39 is 0 Å². The van der Waals surface area contributed by atoms with Gasteiger partial charge in [-0.2, -0.15) is 0 Å². The second-order valence-corrected chi connectivity index (χ2v) is 4.43. The van der Waals surface area contributed by atoms with Gasteiger partial charge in [-0.3, -0.25) is 4.79 Å². The SMILES string of the molecule is C[C@H]1Bn2cc(Br)cc2C(=O)NC1. The molecule has 1 N–H and O–H groups in total. The Morgan fingerprint density at radius 2 is 2.54 bits per heavy atom. The number of carbonyl (C=O) groups excluding carboxylic acids is 1. The third-order valence-electron chi connectivity index (χ3n) is 2.22. The summed E-state index contributed by atoms with van der Waals surface area (Å²) in [5.74, 6) is 0.513. The fourth-order valence-corrected chi connectivity index (χ4v) is 2.04. The molecule has 2 rings (SSSR count). The van der Waals surface area contributed by atoms with Crippen LogP contribution in [0, 0.1) is 0 Å². The molecule has 1 aromatic heterocycles. The van der Waals surface area contributed by atoms with Crippen LogP contribution in [0.2, 0.25) is 5.82 Å². The summed E-state index contributed by atoms with van der Waals surface area (Å²) in [5, 5.41) is 2.88. The Morgan fingerprint density at radius 3 is 3.31 bits per heavy atom. The average Bonchev–Trinajstić information content (AvgIpc) is 2.37. The van der Waals surface area contributed by atoms with Gasteiger partial charge in [0.05, 0.1) is 5.69 Å². The van der Waals surface area contributed by atoms with Gasteiger partial charge in [-0.1, -0.05) is 6.92 Å². The zero-order valence-electron chi connectivity index (χ0n) is 7.38. The molecule has 0 spiro atoms. The summed E-state index contributed by atoms with van der Waals surface area (Å²) in [6, 6.07) is 1.85. The van der Waals surface area contributed by atoms with E-state index in [4.69, 9.17) is 0 Å². The topological polar surface area (TPSA) is 34.0 Å². The van der Waals surface area contributed by atoms with Crippen molar-refractivity contribution in [1.82, 2.24) is 9.79 Å². The number of halogens is 1. The summed E-state index contributed by atoms with van der Waals surface area (Å²) in [7, 11) is 0.902. The van der Waals surface area contributed by atoms with Crippen molar-refractivity contribution >= 4 is 29.3 Å². The second-order valence-electron chi connectivity index (χ2n) is 3.51. The lowest BCUT2D eigenvalue weighted by atomic mass is 9.77. The number of hydrogen-bond donors (Lipinski definition) is 1. The Hall–Kier alpha value is -0.705. The van der Waals surface area contributed by atoms with Gasteiger partial charge < -0.3 is 9.79 Å². The van der Waals surface area contributed by atoms with E-state index in [0.29, 0.717) is 5.82 Å². The van der Waals surface area contributed by atoms with Crippen molar-refractivity contribution in [3.63, 3.8) is 0 Å². The first-order valence-electron chi connectivity index (χ1n) is 4.30. The van der Waals surface area contributed by atoms with Crippen LogP contribution in [0.25, 0.3) is 0 Å². The maximum Gasteiger partial charge on any atom is 0.266 e. The van der Waals surface area contributed by atoms with Crippen molar-refractivity contribution in [2.75, 3.05) is 6.54 Å². The molecule has 0 saturated heterocycles. The van der Waals surface area contributed by atoms with Gasteiger partial charge in [0, 0.05) is 17.2 Å². The summed E-state index contributed by atoms with van der Waals surface area (Å²) < 4.78 is 2.96. The average molecular weight is 241 g/mol. The van der Waals surface area contributed by atoms with Crippen molar-refractivity contribution in [1.29, 1.82) is 0 Å². The maximum absolute atomic E-state index is 11.5. The number of amides is 1. The third-order valence-corrected chi connectivity index (χ3v) is 2.65. The van der Waals surface area contributed by atoms with Crippen molar-refractivity contribution in [2.24, 2.45) is 0 Å². The molecule has 3 nitrogen and oxygen atoms in total. The van der Waals surface area contributed by atoms with Crippen LogP contribution in [0.4, 0.5) is 0 Å². The van der Waals surface area contributed by atoms with Crippen molar-refractivity contribution < 1.29 is 4.79 Å². The van der Waals surface area contributed by atoms with Crippen LogP contribution < -0.4 is 5.32 Å². The van der Waals surface area contributed by atoms with Gasteiger partial charge in [0.15, 0.2) is 0 Å². The molecule has 1 aromatic rings. The lowest BCUT2D eigenvalue weighted by molar-refractivity contribution is 0.0950. The zero-order chi connectivity index (χ0) is 9.42. The van der Waals surface area contributed by atoms with Crippen molar-refractivity contribution in [3.8, 4) is 0 Å². The molecule has 1 aliphatic heterocycles. The number of nitrogens with zero attached hydrogens (tertiary/aromatic N) is 1. The molecule has 0 aliphatic carbocycles. The van der Waals surface area contributed by atoms with Gasteiger partial charge in [-0.15, -0.1) is 0 Å². The number of fused-ring (bicyclic) bond motifs is 1. The van der Waals surface area contributed by atoms with Crippen molar-refractivity contribution in [3.05, 3.63) is 22.4 Å². The molecule has 0 bridgehead atoms. The predicted octanol–water partition coefficient (Wildman–Crippen LogP) is 1.00. The number of nitrogens with one attached hydrogen (secondary N) is 1. The predicted molar refractivity (Wildman–Crippen MR) is 56.4 cm³/mol. The molecule has 0 saturated carbocycles. The molecule has 0 fully saturated rings. The van der Waals surface area contributed by atoms with Crippen LogP contribution in [-0.2, 0) is 0 Å². The van der Waals surface area contributed by atoms with Gasteiger partial charge in [0.25, 0.3) is 5.91 Å². The lowest BCUT2D eigenvalue weighted by Crippen LogP contribution is -2.24. The molecule has 0 aromatic carbocycles. The summed E-state index contributed by atoms with van der Waals surface area (Å²) in [6.07, 6.45) is 1.96. The number of hydrogen-bond acceptors (Lipinski definition) is 1. The minimum absolute atomic E-state index is 0.0232. The minimum Gasteiger partial charge on any atom is -0.390 e. The highest BCUT2D eigenvalue weighted by molar-refractivity contribution is 9.10. The van der Waals surface area contributed by atoms with E-state index in [2.05, 4.69) is 28.2 Å². The highest BCUT2D eigenvalue weighted by Crippen LogP contribution is 2.17.